The van der Waals surface area contributed by atoms with Crippen molar-refractivity contribution >= 4 is 0 Å². The van der Waals surface area contributed by atoms with E-state index < -0.39 is 5.82 Å². The minimum atomic E-state index is -0.427. The number of aryl methyl sites for hydroxylation is 1. The highest BCUT2D eigenvalue weighted by Crippen LogP contribution is 2.31. The lowest BCUT2D eigenvalue weighted by Crippen LogP contribution is -2.07. The van der Waals surface area contributed by atoms with E-state index in [9.17, 15) is 4.39 Å². The van der Waals surface area contributed by atoms with E-state index in [2.05, 4.69) is 5.10 Å². The van der Waals surface area contributed by atoms with Gasteiger partial charge in [0.25, 0.3) is 0 Å². The minimum Gasteiger partial charge on any atom is -0.451 e. The summed E-state index contributed by atoms with van der Waals surface area (Å²) >= 11 is 0. The molecule has 0 aliphatic heterocycles. The molecule has 2 N–H and O–H groups in total. The van der Waals surface area contributed by atoms with E-state index in [4.69, 9.17) is 10.5 Å². The lowest BCUT2D eigenvalue weighted by Gasteiger charge is -2.13. The molecule has 0 aliphatic carbocycles. The Balaban J connectivity index is 2.37. The molecule has 0 bridgehead atoms. The highest BCUT2D eigenvalue weighted by atomic mass is 19.1. The molecule has 0 radical (unpaired) electrons. The number of halogens is 1. The lowest BCUT2D eigenvalue weighted by atomic mass is 10.1. The zero-order valence-corrected chi connectivity index (χ0v) is 9.72. The van der Waals surface area contributed by atoms with Gasteiger partial charge in [-0.1, -0.05) is 12.1 Å². The van der Waals surface area contributed by atoms with Gasteiger partial charge in [0.05, 0.1) is 12.4 Å². The smallest absolute Gasteiger partial charge is 0.167 e. The molecule has 1 aromatic carbocycles. The summed E-state index contributed by atoms with van der Waals surface area (Å²) in [6.07, 6.45) is 3.19. The maximum absolute atomic E-state index is 13.7. The molecule has 0 unspecified atom stereocenters. The van der Waals surface area contributed by atoms with Gasteiger partial charge in [-0.2, -0.15) is 5.10 Å². The van der Waals surface area contributed by atoms with Crippen molar-refractivity contribution in [2.24, 2.45) is 12.8 Å². The number of benzene rings is 1. The second-order valence-electron chi connectivity index (χ2n) is 3.90. The molecule has 0 saturated carbocycles. The van der Waals surface area contributed by atoms with Gasteiger partial charge >= 0.3 is 0 Å². The Kier molecular flexibility index (Phi) is 3.10. The Hall–Kier alpha value is -1.88. The summed E-state index contributed by atoms with van der Waals surface area (Å²) in [6, 6.07) is 4.42. The summed E-state index contributed by atoms with van der Waals surface area (Å²) in [6.45, 7) is 1.78. The first-order valence-corrected chi connectivity index (χ1v) is 5.28. The van der Waals surface area contributed by atoms with Crippen LogP contribution in [0.1, 0.15) is 18.5 Å². The highest BCUT2D eigenvalue weighted by Gasteiger charge is 2.14. The number of ether oxygens (including phenoxy) is 1. The number of hydrogen-bond donors (Lipinski definition) is 1. The Bertz CT molecular complexity index is 522. The summed E-state index contributed by atoms with van der Waals surface area (Å²) in [5.74, 6) is 0.221. The topological polar surface area (TPSA) is 53.1 Å². The normalized spacial score (nSPS) is 12.5. The predicted molar refractivity (Wildman–Crippen MR) is 62.3 cm³/mol. The lowest BCUT2D eigenvalue weighted by molar-refractivity contribution is 0.432. The van der Waals surface area contributed by atoms with Crippen LogP contribution in [0.3, 0.4) is 0 Å². The fourth-order valence-corrected chi connectivity index (χ4v) is 1.56. The third-order valence-corrected chi connectivity index (χ3v) is 2.39. The highest BCUT2D eigenvalue weighted by molar-refractivity contribution is 5.39. The summed E-state index contributed by atoms with van der Waals surface area (Å²) in [4.78, 5) is 0. The molecule has 0 amide bonds. The largest absolute Gasteiger partial charge is 0.451 e. The second-order valence-corrected chi connectivity index (χ2v) is 3.90. The molecule has 1 aromatic heterocycles. The fourth-order valence-electron chi connectivity index (χ4n) is 1.56. The molecule has 5 heteroatoms. The van der Waals surface area contributed by atoms with Gasteiger partial charge in [0, 0.05) is 18.7 Å². The number of nitrogens with zero attached hydrogens (tertiary/aromatic N) is 2. The van der Waals surface area contributed by atoms with E-state index in [1.807, 2.05) is 0 Å². The molecular formula is C12H14FN3O. The zero-order valence-electron chi connectivity index (χ0n) is 9.72. The van der Waals surface area contributed by atoms with Gasteiger partial charge in [0.2, 0.25) is 0 Å². The molecule has 2 aromatic rings. The zero-order chi connectivity index (χ0) is 12.4. The van der Waals surface area contributed by atoms with Crippen LogP contribution in [-0.2, 0) is 7.05 Å². The van der Waals surface area contributed by atoms with Crippen molar-refractivity contribution in [1.29, 1.82) is 0 Å². The average molecular weight is 235 g/mol. The van der Waals surface area contributed by atoms with Crippen LogP contribution in [0.25, 0.3) is 0 Å². The molecule has 4 nitrogen and oxygen atoms in total. The molecule has 1 heterocycles. The number of para-hydroxylation sites is 1. The van der Waals surface area contributed by atoms with Crippen molar-refractivity contribution in [3.63, 3.8) is 0 Å². The molecule has 17 heavy (non-hydrogen) atoms. The first-order valence-electron chi connectivity index (χ1n) is 5.28. The van der Waals surface area contributed by atoms with Crippen LogP contribution in [-0.4, -0.2) is 9.78 Å². The summed E-state index contributed by atoms with van der Waals surface area (Å²) < 4.78 is 20.8. The Labute approximate surface area is 98.8 Å². The quantitative estimate of drug-likeness (QED) is 0.888. The Morgan fingerprint density at radius 1 is 1.47 bits per heavy atom. The van der Waals surface area contributed by atoms with Gasteiger partial charge in [0.15, 0.2) is 17.3 Å². The van der Waals surface area contributed by atoms with E-state index >= 15 is 0 Å². The van der Waals surface area contributed by atoms with Gasteiger partial charge in [-0.05, 0) is 13.0 Å². The van der Waals surface area contributed by atoms with Crippen molar-refractivity contribution in [2.75, 3.05) is 0 Å². The van der Waals surface area contributed by atoms with Crippen molar-refractivity contribution in [1.82, 2.24) is 9.78 Å². The maximum Gasteiger partial charge on any atom is 0.167 e. The standard InChI is InChI=1S/C12H14FN3O/c1-8(14)10-4-3-5-11(13)12(10)17-9-6-15-16(2)7-9/h3-8H,14H2,1-2H3/t8-/m0/s1. The van der Waals surface area contributed by atoms with E-state index in [1.165, 1.54) is 12.3 Å². The Morgan fingerprint density at radius 3 is 2.82 bits per heavy atom. The van der Waals surface area contributed by atoms with Gasteiger partial charge < -0.3 is 10.5 Å². The van der Waals surface area contributed by atoms with Crippen LogP contribution in [0.4, 0.5) is 4.39 Å². The number of aromatic nitrogens is 2. The second kappa shape index (κ2) is 4.55. The molecule has 1 atom stereocenters. The van der Waals surface area contributed by atoms with Crippen LogP contribution in [0.15, 0.2) is 30.6 Å². The van der Waals surface area contributed by atoms with E-state index in [0.29, 0.717) is 11.3 Å². The number of rotatable bonds is 3. The third kappa shape index (κ3) is 2.45. The van der Waals surface area contributed by atoms with Crippen molar-refractivity contribution in [3.8, 4) is 11.5 Å². The SMILES string of the molecule is C[C@H](N)c1cccc(F)c1Oc1cnn(C)c1. The van der Waals surface area contributed by atoms with E-state index in [-0.39, 0.29) is 11.8 Å². The fraction of sp³-hybridized carbons (Fsp3) is 0.250. The average Bonchev–Trinajstić information content (AvgIpc) is 2.67. The van der Waals surface area contributed by atoms with Crippen molar-refractivity contribution < 1.29 is 9.13 Å². The molecule has 0 saturated heterocycles. The van der Waals surface area contributed by atoms with Crippen LogP contribution in [0.5, 0.6) is 11.5 Å². The number of nitrogens with two attached hydrogens (primary N) is 1. The first-order chi connectivity index (χ1) is 8.08. The van der Waals surface area contributed by atoms with Crippen LogP contribution >= 0.6 is 0 Å². The van der Waals surface area contributed by atoms with Gasteiger partial charge in [-0.15, -0.1) is 0 Å². The molecule has 2 rings (SSSR count). The summed E-state index contributed by atoms with van der Waals surface area (Å²) in [5, 5.41) is 3.95. The minimum absolute atomic E-state index is 0.163. The molecule has 0 aliphatic rings. The maximum atomic E-state index is 13.7. The van der Waals surface area contributed by atoms with Gasteiger partial charge in [0.1, 0.15) is 0 Å². The van der Waals surface area contributed by atoms with E-state index in [0.717, 1.165) is 0 Å². The van der Waals surface area contributed by atoms with Gasteiger partial charge in [-0.25, -0.2) is 4.39 Å². The number of hydrogen-bond acceptors (Lipinski definition) is 3. The van der Waals surface area contributed by atoms with Crippen LogP contribution in [0, 0.1) is 5.82 Å². The molecule has 0 fully saturated rings. The van der Waals surface area contributed by atoms with Crippen molar-refractivity contribution in [2.45, 2.75) is 13.0 Å². The van der Waals surface area contributed by atoms with Crippen molar-refractivity contribution in [3.05, 3.63) is 42.0 Å². The van der Waals surface area contributed by atoms with E-state index in [1.54, 1.807) is 37.0 Å². The molecule has 90 valence electrons. The predicted octanol–water partition coefficient (Wildman–Crippen LogP) is 2.37. The molecule has 0 spiro atoms. The summed E-state index contributed by atoms with van der Waals surface area (Å²) in [7, 11) is 1.76. The monoisotopic (exact) mass is 235 g/mol. The third-order valence-electron chi connectivity index (χ3n) is 2.39. The Morgan fingerprint density at radius 2 is 2.24 bits per heavy atom. The van der Waals surface area contributed by atoms with Crippen LogP contribution in [0.2, 0.25) is 0 Å². The molecular weight excluding hydrogens is 221 g/mol. The van der Waals surface area contributed by atoms with Crippen LogP contribution < -0.4 is 10.5 Å². The summed E-state index contributed by atoms with van der Waals surface area (Å²) in [5.41, 5.74) is 6.41. The van der Waals surface area contributed by atoms with Gasteiger partial charge in [-0.3, -0.25) is 4.68 Å². The first kappa shape index (κ1) is 11.6.